The number of halogens is 1. The lowest BCUT2D eigenvalue weighted by molar-refractivity contribution is 0.102. The van der Waals surface area contributed by atoms with Gasteiger partial charge in [-0.3, -0.25) is 4.79 Å². The van der Waals surface area contributed by atoms with Gasteiger partial charge in [0.05, 0.1) is 11.3 Å². The number of carbonyl (C=O) groups excluding carboxylic acids is 1. The average molecular weight is 345 g/mol. The number of hydrogen-bond donors (Lipinski definition) is 0. The van der Waals surface area contributed by atoms with E-state index in [1.165, 1.54) is 6.07 Å². The van der Waals surface area contributed by atoms with Crippen LogP contribution in [0.1, 0.15) is 21.7 Å². The summed E-state index contributed by atoms with van der Waals surface area (Å²) in [6, 6.07) is 8.05. The smallest absolute Gasteiger partial charge is 0.277 e. The molecule has 0 amide bonds. The van der Waals surface area contributed by atoms with Gasteiger partial charge in [0.1, 0.15) is 5.82 Å². The van der Waals surface area contributed by atoms with E-state index >= 15 is 0 Å². The summed E-state index contributed by atoms with van der Waals surface area (Å²) in [5.41, 5.74) is 2.89. The second-order valence-corrected chi connectivity index (χ2v) is 6.34. The molecule has 0 aliphatic rings. The Balaban J connectivity index is 1.71. The van der Waals surface area contributed by atoms with Crippen molar-refractivity contribution >= 4 is 17.5 Å². The van der Waals surface area contributed by atoms with Gasteiger partial charge in [0.2, 0.25) is 0 Å². The van der Waals surface area contributed by atoms with Gasteiger partial charge >= 0.3 is 0 Å². The van der Waals surface area contributed by atoms with Crippen LogP contribution in [0.4, 0.5) is 4.39 Å². The Morgan fingerprint density at radius 1 is 1.29 bits per heavy atom. The van der Waals surface area contributed by atoms with Crippen molar-refractivity contribution in [2.45, 2.75) is 19.1 Å². The Labute approximate surface area is 142 Å². The summed E-state index contributed by atoms with van der Waals surface area (Å²) in [5.74, 6) is -0.144. The molecule has 1 aromatic carbocycles. The minimum Gasteiger partial charge on any atom is -0.411 e. The number of Topliss-reactive ketones (excluding diaryl/α,β-unsaturated/α-hetero) is 1. The summed E-state index contributed by atoms with van der Waals surface area (Å²) >= 11 is 1.15. The predicted octanol–water partition coefficient (Wildman–Crippen LogP) is 3.81. The van der Waals surface area contributed by atoms with Crippen LogP contribution in [0.15, 0.2) is 40.0 Å². The highest BCUT2D eigenvalue weighted by Crippen LogP contribution is 2.26. The average Bonchev–Trinajstić information content (AvgIpc) is 3.14. The van der Waals surface area contributed by atoms with Crippen molar-refractivity contribution in [1.82, 2.24) is 14.8 Å². The number of rotatable bonds is 5. The highest BCUT2D eigenvalue weighted by Gasteiger charge is 2.17. The van der Waals surface area contributed by atoms with Gasteiger partial charge in [-0.05, 0) is 32.0 Å². The van der Waals surface area contributed by atoms with E-state index in [2.05, 4.69) is 10.2 Å². The number of aromatic nitrogens is 3. The first-order chi connectivity index (χ1) is 11.5. The molecule has 0 aliphatic heterocycles. The van der Waals surface area contributed by atoms with Gasteiger partial charge in [-0.1, -0.05) is 23.9 Å². The lowest BCUT2D eigenvalue weighted by Crippen LogP contribution is -2.04. The van der Waals surface area contributed by atoms with Crippen molar-refractivity contribution in [1.29, 1.82) is 0 Å². The summed E-state index contributed by atoms with van der Waals surface area (Å²) in [4.78, 5) is 12.4. The van der Waals surface area contributed by atoms with Gasteiger partial charge in [-0.15, -0.1) is 10.2 Å². The van der Waals surface area contributed by atoms with E-state index in [1.54, 1.807) is 18.2 Å². The van der Waals surface area contributed by atoms with Gasteiger partial charge in [-0.2, -0.15) is 0 Å². The highest BCUT2D eigenvalue weighted by molar-refractivity contribution is 7.99. The van der Waals surface area contributed by atoms with Crippen LogP contribution in [0.3, 0.4) is 0 Å². The molecule has 2 aromatic heterocycles. The zero-order chi connectivity index (χ0) is 17.3. The molecule has 0 aliphatic carbocycles. The molecule has 3 rings (SSSR count). The molecule has 5 nitrogen and oxygen atoms in total. The van der Waals surface area contributed by atoms with E-state index < -0.39 is 5.82 Å². The van der Waals surface area contributed by atoms with Crippen molar-refractivity contribution in [3.63, 3.8) is 0 Å². The Bertz CT molecular complexity index is 901. The Morgan fingerprint density at radius 3 is 2.71 bits per heavy atom. The third-order valence-corrected chi connectivity index (χ3v) is 4.73. The molecule has 124 valence electrons. The summed E-state index contributed by atoms with van der Waals surface area (Å²) < 4.78 is 21.1. The minimum atomic E-state index is -0.427. The summed E-state index contributed by atoms with van der Waals surface area (Å²) in [6.07, 6.45) is 0. The van der Waals surface area contributed by atoms with Crippen molar-refractivity contribution in [2.24, 2.45) is 7.05 Å². The molecule has 0 radical (unpaired) electrons. The first kappa shape index (κ1) is 16.4. The third kappa shape index (κ3) is 3.12. The van der Waals surface area contributed by atoms with Crippen LogP contribution in [-0.4, -0.2) is 26.3 Å². The van der Waals surface area contributed by atoms with E-state index in [0.717, 1.165) is 23.1 Å². The topological polar surface area (TPSA) is 60.9 Å². The van der Waals surface area contributed by atoms with Crippen LogP contribution in [0.25, 0.3) is 11.5 Å². The molecule has 0 spiro atoms. The maximum Gasteiger partial charge on any atom is 0.277 e. The molecule has 0 atom stereocenters. The fourth-order valence-corrected chi connectivity index (χ4v) is 3.00. The minimum absolute atomic E-state index is 0.00755. The van der Waals surface area contributed by atoms with E-state index in [9.17, 15) is 9.18 Å². The van der Waals surface area contributed by atoms with Crippen molar-refractivity contribution in [2.75, 3.05) is 5.75 Å². The lowest BCUT2D eigenvalue weighted by Gasteiger charge is -2.01. The molecule has 0 unspecified atom stereocenters. The summed E-state index contributed by atoms with van der Waals surface area (Å²) in [5, 5.41) is 7.95. The largest absolute Gasteiger partial charge is 0.411 e. The van der Waals surface area contributed by atoms with Gasteiger partial charge in [-0.25, -0.2) is 4.39 Å². The zero-order valence-corrected chi connectivity index (χ0v) is 14.4. The standard InChI is InChI=1S/C17H16FN3O2S/c1-10-8-13(11(2)21(10)3)15(22)9-24-17-20-19-16(23-17)12-6-4-5-7-14(12)18/h4-8H,9H2,1-3H3. The zero-order valence-electron chi connectivity index (χ0n) is 13.5. The number of nitrogens with zero attached hydrogens (tertiary/aromatic N) is 3. The second kappa shape index (κ2) is 6.60. The molecular formula is C17H16FN3O2S. The molecule has 0 fully saturated rings. The SMILES string of the molecule is Cc1cc(C(=O)CSc2nnc(-c3ccccc3F)o2)c(C)n1C. The number of thioether (sulfide) groups is 1. The molecule has 3 aromatic rings. The number of benzene rings is 1. The van der Waals surface area contributed by atoms with E-state index in [0.29, 0.717) is 5.56 Å². The molecule has 2 heterocycles. The molecule has 0 saturated heterocycles. The van der Waals surface area contributed by atoms with E-state index in [1.807, 2.05) is 31.5 Å². The van der Waals surface area contributed by atoms with Gasteiger partial charge in [0.25, 0.3) is 11.1 Å². The Hall–Kier alpha value is -2.41. The first-order valence-electron chi connectivity index (χ1n) is 7.34. The van der Waals surface area contributed by atoms with Gasteiger partial charge in [0, 0.05) is 24.0 Å². The number of carbonyl (C=O) groups is 1. The number of aryl methyl sites for hydroxylation is 1. The fourth-order valence-electron chi connectivity index (χ4n) is 2.35. The van der Waals surface area contributed by atoms with Crippen LogP contribution in [-0.2, 0) is 7.05 Å². The molecular weight excluding hydrogens is 329 g/mol. The van der Waals surface area contributed by atoms with Crippen LogP contribution in [0.5, 0.6) is 0 Å². The monoisotopic (exact) mass is 345 g/mol. The number of hydrogen-bond acceptors (Lipinski definition) is 5. The quantitative estimate of drug-likeness (QED) is 0.520. The van der Waals surface area contributed by atoms with Gasteiger partial charge in [0.15, 0.2) is 5.78 Å². The maximum atomic E-state index is 13.7. The third-order valence-electron chi connectivity index (χ3n) is 3.91. The van der Waals surface area contributed by atoms with Crippen LogP contribution >= 0.6 is 11.8 Å². The Morgan fingerprint density at radius 2 is 2.04 bits per heavy atom. The second-order valence-electron chi connectivity index (χ2n) is 5.41. The van der Waals surface area contributed by atoms with Gasteiger partial charge < -0.3 is 8.98 Å². The summed E-state index contributed by atoms with van der Waals surface area (Å²) in [7, 11) is 1.92. The highest BCUT2D eigenvalue weighted by atomic mass is 32.2. The summed E-state index contributed by atoms with van der Waals surface area (Å²) in [6.45, 7) is 3.86. The molecule has 0 saturated carbocycles. The van der Waals surface area contributed by atoms with Crippen LogP contribution in [0, 0.1) is 19.7 Å². The molecule has 0 bridgehead atoms. The Kier molecular flexibility index (Phi) is 4.53. The molecule has 24 heavy (non-hydrogen) atoms. The normalized spacial score (nSPS) is 11.0. The maximum absolute atomic E-state index is 13.7. The first-order valence-corrected chi connectivity index (χ1v) is 8.33. The van der Waals surface area contributed by atoms with Crippen molar-refractivity contribution < 1.29 is 13.6 Å². The van der Waals surface area contributed by atoms with Crippen LogP contribution < -0.4 is 0 Å². The molecule has 0 N–H and O–H groups in total. The van der Waals surface area contributed by atoms with Crippen molar-refractivity contribution in [3.05, 3.63) is 53.1 Å². The number of ketones is 1. The predicted molar refractivity (Wildman–Crippen MR) is 89.6 cm³/mol. The molecule has 7 heteroatoms. The lowest BCUT2D eigenvalue weighted by atomic mass is 10.2. The van der Waals surface area contributed by atoms with Crippen molar-refractivity contribution in [3.8, 4) is 11.5 Å². The van der Waals surface area contributed by atoms with E-state index in [4.69, 9.17) is 4.42 Å². The fraction of sp³-hybridized carbons (Fsp3) is 0.235. The van der Waals surface area contributed by atoms with Crippen LogP contribution in [0.2, 0.25) is 0 Å². The van der Waals surface area contributed by atoms with E-state index in [-0.39, 0.29) is 28.2 Å².